The van der Waals surface area contributed by atoms with Crippen molar-refractivity contribution in [3.63, 3.8) is 0 Å². The molecule has 38 heavy (non-hydrogen) atoms. The number of carboxylic acid groups (broad SMARTS) is 1. The first-order valence-electron chi connectivity index (χ1n) is 13.8. The van der Waals surface area contributed by atoms with Crippen molar-refractivity contribution in [2.75, 3.05) is 0 Å². The van der Waals surface area contributed by atoms with Gasteiger partial charge in [0.25, 0.3) is 0 Å². The molecule has 3 aromatic rings. The highest BCUT2D eigenvalue weighted by Crippen LogP contribution is 2.41. The van der Waals surface area contributed by atoms with E-state index < -0.39 is 5.97 Å². The maximum Gasteiger partial charge on any atom is 0.335 e. The number of aryl methyl sites for hydroxylation is 3. The van der Waals surface area contributed by atoms with Crippen LogP contribution in [0, 0.1) is 19.3 Å². The predicted molar refractivity (Wildman–Crippen MR) is 155 cm³/mol. The maximum atomic E-state index is 11.1. The lowest BCUT2D eigenvalue weighted by Gasteiger charge is -2.34. The van der Waals surface area contributed by atoms with Crippen molar-refractivity contribution in [1.29, 1.82) is 0 Å². The second kappa shape index (κ2) is 12.2. The summed E-state index contributed by atoms with van der Waals surface area (Å²) in [5.74, 6) is -0.0931. The molecule has 0 aliphatic rings. The van der Waals surface area contributed by atoms with E-state index in [1.54, 1.807) is 24.3 Å². The monoisotopic (exact) mass is 516 g/mol. The van der Waals surface area contributed by atoms with Gasteiger partial charge in [-0.3, -0.25) is 0 Å². The van der Waals surface area contributed by atoms with Gasteiger partial charge in [-0.25, -0.2) is 4.79 Å². The zero-order valence-corrected chi connectivity index (χ0v) is 24.1. The molecule has 0 bridgehead atoms. The van der Waals surface area contributed by atoms with E-state index in [1.165, 1.54) is 22.3 Å². The molecule has 4 heteroatoms. The summed E-state index contributed by atoms with van der Waals surface area (Å²) < 4.78 is 6.10. The van der Waals surface area contributed by atoms with Crippen molar-refractivity contribution in [1.82, 2.24) is 0 Å². The summed E-state index contributed by atoms with van der Waals surface area (Å²) in [6, 6.07) is 20.2. The molecule has 2 N–H and O–H groups in total. The van der Waals surface area contributed by atoms with Crippen molar-refractivity contribution >= 4 is 5.97 Å². The number of ether oxygens (including phenoxy) is 1. The molecule has 0 aromatic heterocycles. The van der Waals surface area contributed by atoms with Crippen LogP contribution in [0.3, 0.4) is 0 Å². The molecule has 0 amide bonds. The Hall–Kier alpha value is -3.11. The molecule has 0 aliphatic heterocycles. The molecule has 3 rings (SSSR count). The highest BCUT2D eigenvalue weighted by Gasteiger charge is 2.31. The Kier molecular flexibility index (Phi) is 9.43. The van der Waals surface area contributed by atoms with E-state index in [9.17, 15) is 9.90 Å². The van der Waals surface area contributed by atoms with Gasteiger partial charge in [-0.05, 0) is 96.5 Å². The van der Waals surface area contributed by atoms with Gasteiger partial charge >= 0.3 is 5.97 Å². The summed E-state index contributed by atoms with van der Waals surface area (Å²) in [6.07, 6.45) is 3.29. The van der Waals surface area contributed by atoms with Gasteiger partial charge in [-0.15, -0.1) is 0 Å². The van der Waals surface area contributed by atoms with E-state index >= 15 is 0 Å². The number of rotatable bonds is 11. The highest BCUT2D eigenvalue weighted by atomic mass is 16.5. The quantitative estimate of drug-likeness (QED) is 0.271. The number of benzene rings is 3. The first-order valence-corrected chi connectivity index (χ1v) is 13.8. The van der Waals surface area contributed by atoms with Crippen LogP contribution in [-0.4, -0.2) is 22.3 Å². The minimum atomic E-state index is -0.927. The van der Waals surface area contributed by atoms with Crippen molar-refractivity contribution < 1.29 is 19.7 Å². The summed E-state index contributed by atoms with van der Waals surface area (Å²) in [7, 11) is 0. The number of hydrogen-bond acceptors (Lipinski definition) is 3. The van der Waals surface area contributed by atoms with Crippen LogP contribution in [0.2, 0.25) is 0 Å². The second-order valence-corrected chi connectivity index (χ2v) is 11.6. The average Bonchev–Trinajstić information content (AvgIpc) is 2.88. The number of aliphatic hydroxyl groups is 1. The lowest BCUT2D eigenvalue weighted by Crippen LogP contribution is -2.27. The lowest BCUT2D eigenvalue weighted by molar-refractivity contribution is 0.0559. The summed E-state index contributed by atoms with van der Waals surface area (Å²) in [5.41, 5.74) is 7.28. The van der Waals surface area contributed by atoms with Gasteiger partial charge in [-0.1, -0.05) is 77.1 Å². The van der Waals surface area contributed by atoms with Crippen LogP contribution in [0.4, 0.5) is 0 Å². The maximum absolute atomic E-state index is 11.1. The Morgan fingerprint density at radius 2 is 1.45 bits per heavy atom. The third-order valence-electron chi connectivity index (χ3n) is 8.11. The van der Waals surface area contributed by atoms with Gasteiger partial charge in [-0.2, -0.15) is 0 Å². The molecule has 0 saturated carbocycles. The molecule has 0 fully saturated rings. The SMILES string of the molecule is CCC(CC)(c1ccc(CCC(O)C(C)(C)C)c(C)c1)c1ccc(OCc2ccc(C(=O)O)cc2)c(C)c1. The van der Waals surface area contributed by atoms with Crippen LogP contribution in [0.5, 0.6) is 5.75 Å². The van der Waals surface area contributed by atoms with Crippen molar-refractivity contribution in [2.45, 2.75) is 92.3 Å². The second-order valence-electron chi connectivity index (χ2n) is 11.6. The molecule has 204 valence electrons. The largest absolute Gasteiger partial charge is 0.489 e. The minimum Gasteiger partial charge on any atom is -0.489 e. The van der Waals surface area contributed by atoms with Gasteiger partial charge in [0.05, 0.1) is 11.7 Å². The molecule has 1 atom stereocenters. The number of carbonyl (C=O) groups is 1. The topological polar surface area (TPSA) is 66.8 Å². The Morgan fingerprint density at radius 3 is 1.95 bits per heavy atom. The molecule has 0 heterocycles. The van der Waals surface area contributed by atoms with E-state index in [0.29, 0.717) is 6.61 Å². The van der Waals surface area contributed by atoms with E-state index in [1.807, 2.05) is 0 Å². The first-order chi connectivity index (χ1) is 17.9. The summed E-state index contributed by atoms with van der Waals surface area (Å²) >= 11 is 0. The predicted octanol–water partition coefficient (Wildman–Crippen LogP) is 8.03. The number of aliphatic hydroxyl groups excluding tert-OH is 1. The molecule has 3 aromatic carbocycles. The molecule has 0 aliphatic carbocycles. The van der Waals surface area contributed by atoms with Gasteiger partial charge in [0.2, 0.25) is 0 Å². The Balaban J connectivity index is 1.80. The first kappa shape index (κ1) is 29.4. The van der Waals surface area contributed by atoms with Crippen LogP contribution >= 0.6 is 0 Å². The standard InChI is InChI=1S/C34H44O4/c1-8-34(9-2,28-16-14-26(23(3)20-28)15-19-31(35)33(5,6)7)29-17-18-30(24(4)21-29)38-22-25-10-12-27(13-11-25)32(36)37/h10-14,16-18,20-21,31,35H,8-9,15,19,22H2,1-7H3,(H,36,37). The zero-order valence-electron chi connectivity index (χ0n) is 24.1. The van der Waals surface area contributed by atoms with Crippen LogP contribution in [0.15, 0.2) is 60.7 Å². The fourth-order valence-electron chi connectivity index (χ4n) is 5.25. The molecule has 0 saturated heterocycles. The van der Waals surface area contributed by atoms with Crippen LogP contribution in [0.25, 0.3) is 0 Å². The van der Waals surface area contributed by atoms with Crippen LogP contribution in [-0.2, 0) is 18.4 Å². The van der Waals surface area contributed by atoms with E-state index in [2.05, 4.69) is 84.9 Å². The Bertz CT molecular complexity index is 1230. The third kappa shape index (κ3) is 6.66. The number of hydrogen-bond donors (Lipinski definition) is 2. The summed E-state index contributed by atoms with van der Waals surface area (Å²) in [4.78, 5) is 11.1. The number of carboxylic acids is 1. The van der Waals surface area contributed by atoms with E-state index in [-0.39, 0.29) is 22.5 Å². The zero-order chi connectivity index (χ0) is 28.1. The normalized spacial score (nSPS) is 12.8. The Morgan fingerprint density at radius 1 is 0.868 bits per heavy atom. The van der Waals surface area contributed by atoms with Crippen molar-refractivity contribution in [3.8, 4) is 5.75 Å². The Labute approximate surface area is 228 Å². The van der Waals surface area contributed by atoms with Gasteiger partial charge in [0.1, 0.15) is 12.4 Å². The van der Waals surface area contributed by atoms with E-state index in [4.69, 9.17) is 9.84 Å². The molecule has 1 unspecified atom stereocenters. The molecule has 0 radical (unpaired) electrons. The minimum absolute atomic E-state index is 0.0931. The average molecular weight is 517 g/mol. The summed E-state index contributed by atoms with van der Waals surface area (Å²) in [6.45, 7) is 15.4. The fourth-order valence-corrected chi connectivity index (χ4v) is 5.25. The lowest BCUT2D eigenvalue weighted by atomic mass is 9.69. The van der Waals surface area contributed by atoms with E-state index in [0.717, 1.165) is 42.6 Å². The molecular formula is C34H44O4. The highest BCUT2D eigenvalue weighted by molar-refractivity contribution is 5.87. The fraction of sp³-hybridized carbons (Fsp3) is 0.441. The molecule has 0 spiro atoms. The van der Waals surface area contributed by atoms with Gasteiger partial charge in [0, 0.05) is 5.41 Å². The van der Waals surface area contributed by atoms with Crippen molar-refractivity contribution in [3.05, 3.63) is 99.6 Å². The number of aromatic carboxylic acids is 1. The van der Waals surface area contributed by atoms with Gasteiger partial charge < -0.3 is 14.9 Å². The smallest absolute Gasteiger partial charge is 0.335 e. The van der Waals surface area contributed by atoms with Gasteiger partial charge in [0.15, 0.2) is 0 Å². The molecule has 4 nitrogen and oxygen atoms in total. The third-order valence-corrected chi connectivity index (χ3v) is 8.11. The molecular weight excluding hydrogens is 472 g/mol. The van der Waals surface area contributed by atoms with Crippen LogP contribution in [0.1, 0.15) is 97.6 Å². The van der Waals surface area contributed by atoms with Crippen LogP contribution < -0.4 is 4.74 Å². The van der Waals surface area contributed by atoms with Crippen molar-refractivity contribution in [2.24, 2.45) is 5.41 Å². The summed E-state index contributed by atoms with van der Waals surface area (Å²) in [5, 5.41) is 19.6.